The van der Waals surface area contributed by atoms with Crippen LogP contribution in [0.1, 0.15) is 57.1 Å². The highest BCUT2D eigenvalue weighted by molar-refractivity contribution is 5.81. The Hall–Kier alpha value is -1.31. The normalized spacial score (nSPS) is 13.0. The summed E-state index contributed by atoms with van der Waals surface area (Å²) >= 11 is 0. The van der Waals surface area contributed by atoms with Gasteiger partial charge in [-0.1, -0.05) is 45.0 Å². The van der Waals surface area contributed by atoms with Gasteiger partial charge < -0.3 is 23.7 Å². The van der Waals surface area contributed by atoms with Gasteiger partial charge in [-0.2, -0.15) is 0 Å². The minimum Gasteiger partial charge on any atom is -0.379 e. The molecule has 0 amide bonds. The van der Waals surface area contributed by atoms with E-state index in [-0.39, 0.29) is 11.7 Å². The van der Waals surface area contributed by atoms with Crippen LogP contribution in [0, 0.1) is 5.92 Å². The van der Waals surface area contributed by atoms with Crippen LogP contribution in [0.25, 0.3) is 0 Å². The van der Waals surface area contributed by atoms with E-state index in [1.165, 1.54) is 5.56 Å². The van der Waals surface area contributed by atoms with Crippen LogP contribution in [0.5, 0.6) is 0 Å². The number of methoxy groups -OCH3 is 3. The van der Waals surface area contributed by atoms with Crippen molar-refractivity contribution in [2.75, 3.05) is 47.8 Å². The molecule has 0 aromatic heterocycles. The van der Waals surface area contributed by atoms with E-state index in [9.17, 15) is 4.79 Å². The van der Waals surface area contributed by atoms with E-state index in [1.54, 1.807) is 21.3 Å². The number of hydrogen-bond acceptors (Lipinski definition) is 6. The highest BCUT2D eigenvalue weighted by atomic mass is 16.9. The van der Waals surface area contributed by atoms with E-state index in [1.807, 2.05) is 6.92 Å². The molecule has 0 saturated carbocycles. The first kappa shape index (κ1) is 26.7. The molecule has 0 aliphatic carbocycles. The SMILES string of the molecule is COC(CCCOCCOCC(C)CC(=O)Cc1ccc(C(C)C)cc1)(OC)OC. The zero-order valence-electron chi connectivity index (χ0n) is 19.6. The van der Waals surface area contributed by atoms with E-state index in [0.717, 1.165) is 12.0 Å². The summed E-state index contributed by atoms with van der Waals surface area (Å²) < 4.78 is 26.9. The summed E-state index contributed by atoms with van der Waals surface area (Å²) in [7, 11) is 4.65. The van der Waals surface area contributed by atoms with E-state index >= 15 is 0 Å². The molecule has 1 aromatic carbocycles. The number of Topliss-reactive ketones (excluding diaryl/α,β-unsaturated/α-hetero) is 1. The quantitative estimate of drug-likeness (QED) is 0.274. The molecule has 0 fully saturated rings. The molecule has 0 N–H and O–H groups in total. The first-order valence-electron chi connectivity index (χ1n) is 10.8. The zero-order chi connectivity index (χ0) is 22.4. The van der Waals surface area contributed by atoms with Gasteiger partial charge in [0.2, 0.25) is 0 Å². The van der Waals surface area contributed by atoms with Crippen molar-refractivity contribution in [2.24, 2.45) is 5.92 Å². The van der Waals surface area contributed by atoms with Crippen molar-refractivity contribution in [1.82, 2.24) is 0 Å². The van der Waals surface area contributed by atoms with Gasteiger partial charge >= 0.3 is 0 Å². The highest BCUT2D eigenvalue weighted by Crippen LogP contribution is 2.19. The summed E-state index contributed by atoms with van der Waals surface area (Å²) in [5, 5.41) is 0. The lowest BCUT2D eigenvalue weighted by atomic mass is 9.97. The highest BCUT2D eigenvalue weighted by Gasteiger charge is 2.28. The summed E-state index contributed by atoms with van der Waals surface area (Å²) in [5.41, 5.74) is 2.37. The molecule has 0 spiro atoms. The lowest BCUT2D eigenvalue weighted by Crippen LogP contribution is -2.36. The van der Waals surface area contributed by atoms with Crippen molar-refractivity contribution in [1.29, 1.82) is 0 Å². The predicted octanol–water partition coefficient (Wildman–Crippen LogP) is 4.35. The van der Waals surface area contributed by atoms with Crippen LogP contribution < -0.4 is 0 Å². The number of carbonyl (C=O) groups is 1. The molecule has 1 rings (SSSR count). The molecule has 6 nitrogen and oxygen atoms in total. The van der Waals surface area contributed by atoms with Crippen molar-refractivity contribution < 1.29 is 28.5 Å². The Kier molecular flexibility index (Phi) is 13.1. The molecule has 0 radical (unpaired) electrons. The molecule has 0 bridgehead atoms. The third-order valence-corrected chi connectivity index (χ3v) is 5.10. The lowest BCUT2D eigenvalue weighted by molar-refractivity contribution is -0.355. The first-order valence-corrected chi connectivity index (χ1v) is 10.8. The maximum atomic E-state index is 12.3. The van der Waals surface area contributed by atoms with Crippen LogP contribution in [-0.4, -0.2) is 59.5 Å². The van der Waals surface area contributed by atoms with E-state index in [0.29, 0.717) is 51.6 Å². The van der Waals surface area contributed by atoms with Crippen LogP contribution >= 0.6 is 0 Å². The Bertz CT molecular complexity index is 572. The third-order valence-electron chi connectivity index (χ3n) is 5.10. The Morgan fingerprint density at radius 1 is 0.900 bits per heavy atom. The van der Waals surface area contributed by atoms with Crippen molar-refractivity contribution in [3.63, 3.8) is 0 Å². The van der Waals surface area contributed by atoms with Crippen molar-refractivity contribution in [3.8, 4) is 0 Å². The second-order valence-electron chi connectivity index (χ2n) is 8.01. The summed E-state index contributed by atoms with van der Waals surface area (Å²) in [4.78, 5) is 12.3. The van der Waals surface area contributed by atoms with Gasteiger partial charge in [-0.15, -0.1) is 0 Å². The third kappa shape index (κ3) is 10.1. The molecule has 1 aromatic rings. The number of hydrogen-bond donors (Lipinski definition) is 0. The topological polar surface area (TPSA) is 63.2 Å². The molecule has 0 saturated heterocycles. The van der Waals surface area contributed by atoms with Crippen molar-refractivity contribution in [2.45, 2.75) is 58.3 Å². The molecule has 0 heterocycles. The van der Waals surface area contributed by atoms with Gasteiger partial charge in [0.05, 0.1) is 13.2 Å². The van der Waals surface area contributed by atoms with Gasteiger partial charge in [0.25, 0.3) is 5.97 Å². The van der Waals surface area contributed by atoms with E-state index in [2.05, 4.69) is 38.1 Å². The zero-order valence-corrected chi connectivity index (χ0v) is 19.6. The van der Waals surface area contributed by atoms with Gasteiger partial charge in [0.1, 0.15) is 5.78 Å². The average Bonchev–Trinajstić information content (AvgIpc) is 2.73. The second kappa shape index (κ2) is 14.7. The Balaban J connectivity index is 2.11. The summed E-state index contributed by atoms with van der Waals surface area (Å²) in [6, 6.07) is 8.34. The van der Waals surface area contributed by atoms with Gasteiger partial charge in [-0.05, 0) is 29.4 Å². The fourth-order valence-electron chi connectivity index (χ4n) is 3.22. The monoisotopic (exact) mass is 424 g/mol. The average molecular weight is 425 g/mol. The maximum absolute atomic E-state index is 12.3. The Morgan fingerprint density at radius 2 is 1.50 bits per heavy atom. The van der Waals surface area contributed by atoms with Crippen molar-refractivity contribution in [3.05, 3.63) is 35.4 Å². The molecule has 0 aliphatic heterocycles. The van der Waals surface area contributed by atoms with Crippen molar-refractivity contribution >= 4 is 5.78 Å². The summed E-state index contributed by atoms with van der Waals surface area (Å²) in [6.45, 7) is 8.54. The minimum absolute atomic E-state index is 0.193. The molecular formula is C24H40O6. The fourth-order valence-corrected chi connectivity index (χ4v) is 3.22. The molecule has 1 unspecified atom stereocenters. The van der Waals surface area contributed by atoms with Gasteiger partial charge in [0, 0.05) is 53.8 Å². The summed E-state index contributed by atoms with van der Waals surface area (Å²) in [6.07, 6.45) is 2.34. The lowest BCUT2D eigenvalue weighted by Gasteiger charge is -2.28. The Labute approximate surface area is 182 Å². The number of benzene rings is 1. The van der Waals surface area contributed by atoms with E-state index in [4.69, 9.17) is 23.7 Å². The largest absolute Gasteiger partial charge is 0.379 e. The predicted molar refractivity (Wildman–Crippen MR) is 118 cm³/mol. The molecule has 172 valence electrons. The Morgan fingerprint density at radius 3 is 2.07 bits per heavy atom. The number of ketones is 1. The second-order valence-corrected chi connectivity index (χ2v) is 8.01. The molecule has 30 heavy (non-hydrogen) atoms. The van der Waals surface area contributed by atoms with E-state index < -0.39 is 5.97 Å². The first-order chi connectivity index (χ1) is 14.4. The van der Waals surface area contributed by atoms with Crippen LogP contribution in [0.4, 0.5) is 0 Å². The van der Waals surface area contributed by atoms with Crippen LogP contribution in [0.3, 0.4) is 0 Å². The van der Waals surface area contributed by atoms with Gasteiger partial charge in [-0.25, -0.2) is 0 Å². The van der Waals surface area contributed by atoms with Gasteiger partial charge in [0.15, 0.2) is 0 Å². The van der Waals surface area contributed by atoms with Crippen LogP contribution in [0.2, 0.25) is 0 Å². The molecule has 0 aliphatic rings. The standard InChI is InChI=1S/C24H40O6/c1-19(2)22-10-8-21(9-11-22)17-23(25)16-20(3)18-30-15-14-29-13-7-12-24(26-4,27-5)28-6/h8-11,19-20H,7,12-18H2,1-6H3. The van der Waals surface area contributed by atoms with Crippen LogP contribution in [0.15, 0.2) is 24.3 Å². The molecule has 1 atom stereocenters. The maximum Gasteiger partial charge on any atom is 0.282 e. The molecule has 6 heteroatoms. The molecular weight excluding hydrogens is 384 g/mol. The summed E-state index contributed by atoms with van der Waals surface area (Å²) in [5.74, 6) is -0.0561. The van der Waals surface area contributed by atoms with Gasteiger partial charge in [-0.3, -0.25) is 4.79 Å². The number of rotatable bonds is 17. The smallest absolute Gasteiger partial charge is 0.282 e. The van der Waals surface area contributed by atoms with Crippen LogP contribution in [-0.2, 0) is 34.9 Å². The minimum atomic E-state index is -1.00. The fraction of sp³-hybridized carbons (Fsp3) is 0.708. The number of ether oxygens (including phenoxy) is 5. The number of carbonyl (C=O) groups excluding carboxylic acids is 1.